The van der Waals surface area contributed by atoms with Crippen LogP contribution in [0.25, 0.3) is 11.0 Å². The molecule has 174 valence electrons. The van der Waals surface area contributed by atoms with E-state index in [2.05, 4.69) is 5.32 Å². The molecule has 1 aromatic heterocycles. The number of para-hydroxylation sites is 1. The van der Waals surface area contributed by atoms with Gasteiger partial charge in [-0.25, -0.2) is 4.90 Å². The Morgan fingerprint density at radius 2 is 1.85 bits per heavy atom. The van der Waals surface area contributed by atoms with Gasteiger partial charge in [-0.15, -0.1) is 0 Å². The van der Waals surface area contributed by atoms with Crippen LogP contribution < -0.4 is 10.2 Å². The number of hydrogen-bond donors (Lipinski definition) is 3. The molecular formula is C24H19ClN2O7. The van der Waals surface area contributed by atoms with Gasteiger partial charge in [-0.3, -0.25) is 24.5 Å². The molecule has 4 unspecified atom stereocenters. The average Bonchev–Trinajstić information content (AvgIpc) is 3.42. The maximum Gasteiger partial charge on any atom is 0.325 e. The standard InChI is InChI=1S/C24H19ClN2O7/c1-11-6-7-13(9-14(11)25)27-21(30)18-19(22(27)31)24(23(32)33,10-17(28)29)26-20(18)16-8-12-4-2-3-5-15(12)34-16/h2-9,18-20,26H,10H2,1H3,(H,28,29)(H,32,33). The maximum atomic E-state index is 13.6. The number of carbonyl (C=O) groups is 4. The number of nitrogens with one attached hydrogen (secondary N) is 1. The highest BCUT2D eigenvalue weighted by Gasteiger charge is 2.70. The monoisotopic (exact) mass is 482 g/mol. The minimum atomic E-state index is -2.21. The quantitative estimate of drug-likeness (QED) is 0.472. The number of rotatable bonds is 5. The number of benzene rings is 2. The molecule has 2 aliphatic rings. The summed E-state index contributed by atoms with van der Waals surface area (Å²) in [6.45, 7) is 1.76. The third kappa shape index (κ3) is 3.12. The third-order valence-corrected chi connectivity index (χ3v) is 7.04. The minimum absolute atomic E-state index is 0.193. The van der Waals surface area contributed by atoms with Crippen molar-refractivity contribution in [2.75, 3.05) is 4.90 Å². The number of anilines is 1. The van der Waals surface area contributed by atoms with Gasteiger partial charge >= 0.3 is 11.9 Å². The third-order valence-electron chi connectivity index (χ3n) is 6.63. The van der Waals surface area contributed by atoms with Gasteiger partial charge in [-0.1, -0.05) is 35.9 Å². The first-order chi connectivity index (χ1) is 16.1. The lowest BCUT2D eigenvalue weighted by Crippen LogP contribution is -2.57. The summed E-state index contributed by atoms with van der Waals surface area (Å²) in [6.07, 6.45) is -0.901. The Hall–Kier alpha value is -3.69. The normalized spacial score (nSPS) is 26.3. The molecule has 9 nitrogen and oxygen atoms in total. The van der Waals surface area contributed by atoms with Gasteiger partial charge in [0.05, 0.1) is 30.0 Å². The van der Waals surface area contributed by atoms with Gasteiger partial charge in [0.15, 0.2) is 0 Å². The van der Waals surface area contributed by atoms with Crippen molar-refractivity contribution in [2.24, 2.45) is 11.8 Å². The second-order valence-corrected chi connectivity index (χ2v) is 9.01. The van der Waals surface area contributed by atoms with Gasteiger partial charge in [0.2, 0.25) is 11.8 Å². The maximum absolute atomic E-state index is 13.6. The molecule has 3 N–H and O–H groups in total. The van der Waals surface area contributed by atoms with Crippen LogP contribution in [-0.2, 0) is 19.2 Å². The van der Waals surface area contributed by atoms with Crippen LogP contribution in [-0.4, -0.2) is 39.5 Å². The fraction of sp³-hybridized carbons (Fsp3) is 0.250. The second kappa shape index (κ2) is 7.68. The second-order valence-electron chi connectivity index (χ2n) is 8.60. The number of amides is 2. The molecular weight excluding hydrogens is 464 g/mol. The molecule has 2 aromatic carbocycles. The number of carboxylic acid groups (broad SMARTS) is 2. The molecule has 0 saturated carbocycles. The molecule has 3 aromatic rings. The van der Waals surface area contributed by atoms with E-state index in [9.17, 15) is 29.4 Å². The van der Waals surface area contributed by atoms with Gasteiger partial charge in [-0.2, -0.15) is 0 Å². The predicted molar refractivity (Wildman–Crippen MR) is 120 cm³/mol. The fourth-order valence-electron chi connectivity index (χ4n) is 5.05. The molecule has 2 aliphatic heterocycles. The van der Waals surface area contributed by atoms with Crippen LogP contribution in [0.5, 0.6) is 0 Å². The molecule has 0 radical (unpaired) electrons. The van der Waals surface area contributed by atoms with Crippen molar-refractivity contribution in [1.29, 1.82) is 0 Å². The van der Waals surface area contributed by atoms with E-state index in [0.29, 0.717) is 10.6 Å². The van der Waals surface area contributed by atoms with Crippen LogP contribution in [0.2, 0.25) is 5.02 Å². The minimum Gasteiger partial charge on any atom is -0.481 e. The zero-order chi connectivity index (χ0) is 24.4. The van der Waals surface area contributed by atoms with Crippen LogP contribution in [0, 0.1) is 18.8 Å². The lowest BCUT2D eigenvalue weighted by atomic mass is 9.78. The zero-order valence-corrected chi connectivity index (χ0v) is 18.6. The molecule has 0 spiro atoms. The molecule has 3 heterocycles. The Morgan fingerprint density at radius 3 is 2.50 bits per heavy atom. The molecule has 10 heteroatoms. The highest BCUT2D eigenvalue weighted by atomic mass is 35.5. The number of imide groups is 1. The summed E-state index contributed by atoms with van der Waals surface area (Å²) < 4.78 is 5.89. The molecule has 0 bridgehead atoms. The van der Waals surface area contributed by atoms with Crippen LogP contribution in [0.3, 0.4) is 0 Å². The van der Waals surface area contributed by atoms with E-state index in [1.54, 1.807) is 49.4 Å². The van der Waals surface area contributed by atoms with Gasteiger partial charge in [0, 0.05) is 10.4 Å². The molecule has 34 heavy (non-hydrogen) atoms. The number of fused-ring (bicyclic) bond motifs is 2. The number of nitrogens with zero attached hydrogens (tertiary/aromatic N) is 1. The summed E-state index contributed by atoms with van der Waals surface area (Å²) in [5.41, 5.74) is -0.771. The van der Waals surface area contributed by atoms with Crippen LogP contribution in [0.4, 0.5) is 5.69 Å². The summed E-state index contributed by atoms with van der Waals surface area (Å²) in [6, 6.07) is 12.3. The predicted octanol–water partition coefficient (Wildman–Crippen LogP) is 3.14. The fourth-order valence-corrected chi connectivity index (χ4v) is 5.23. The lowest BCUT2D eigenvalue weighted by molar-refractivity contribution is -0.154. The summed E-state index contributed by atoms with van der Waals surface area (Å²) in [7, 11) is 0. The zero-order valence-electron chi connectivity index (χ0n) is 17.8. The Balaban J connectivity index is 1.67. The Morgan fingerprint density at radius 1 is 1.12 bits per heavy atom. The Labute approximate surface area is 197 Å². The van der Waals surface area contributed by atoms with Gasteiger partial charge in [0.1, 0.15) is 16.9 Å². The Kier molecular flexibility index (Phi) is 5.00. The van der Waals surface area contributed by atoms with Crippen LogP contribution >= 0.6 is 11.6 Å². The van der Waals surface area contributed by atoms with E-state index >= 15 is 0 Å². The highest BCUT2D eigenvalue weighted by molar-refractivity contribution is 6.32. The molecule has 5 rings (SSSR count). The van der Waals surface area contributed by atoms with E-state index in [-0.39, 0.29) is 11.4 Å². The topological polar surface area (TPSA) is 137 Å². The first kappa shape index (κ1) is 22.1. The summed E-state index contributed by atoms with van der Waals surface area (Å²) in [4.78, 5) is 52.3. The number of halogens is 1. The van der Waals surface area contributed by atoms with E-state index in [1.807, 2.05) is 0 Å². The molecule has 4 atom stereocenters. The first-order valence-electron chi connectivity index (χ1n) is 10.5. The van der Waals surface area contributed by atoms with Crippen molar-refractivity contribution in [3.63, 3.8) is 0 Å². The van der Waals surface area contributed by atoms with E-state index in [4.69, 9.17) is 16.0 Å². The summed E-state index contributed by atoms with van der Waals surface area (Å²) in [5, 5.41) is 23.5. The van der Waals surface area contributed by atoms with Gasteiger partial charge in [0.25, 0.3) is 0 Å². The largest absolute Gasteiger partial charge is 0.481 e. The van der Waals surface area contributed by atoms with E-state index in [0.717, 1.165) is 15.8 Å². The molecule has 2 amide bonds. The molecule has 2 fully saturated rings. The number of furan rings is 1. The number of aliphatic carboxylic acids is 2. The number of aryl methyl sites for hydroxylation is 1. The lowest BCUT2D eigenvalue weighted by Gasteiger charge is -2.29. The van der Waals surface area contributed by atoms with Gasteiger partial charge in [-0.05, 0) is 36.8 Å². The van der Waals surface area contributed by atoms with E-state index in [1.165, 1.54) is 6.07 Å². The van der Waals surface area contributed by atoms with Crippen molar-refractivity contribution >= 4 is 52.0 Å². The average molecular weight is 483 g/mol. The SMILES string of the molecule is Cc1ccc(N2C(=O)C3C(c4cc5ccccc5o4)NC(CC(=O)O)(C(=O)O)C3C2=O)cc1Cl. The highest BCUT2D eigenvalue weighted by Crippen LogP contribution is 2.51. The van der Waals surface area contributed by atoms with Crippen molar-refractivity contribution in [3.05, 3.63) is 64.9 Å². The van der Waals surface area contributed by atoms with Crippen LogP contribution in [0.15, 0.2) is 52.9 Å². The van der Waals surface area contributed by atoms with Crippen molar-refractivity contribution in [3.8, 4) is 0 Å². The molecule has 0 aliphatic carbocycles. The Bertz CT molecular complexity index is 1350. The number of carboxylic acids is 2. The summed E-state index contributed by atoms with van der Waals surface area (Å²) >= 11 is 6.20. The molecule has 2 saturated heterocycles. The van der Waals surface area contributed by atoms with Crippen LogP contribution in [0.1, 0.15) is 23.8 Å². The van der Waals surface area contributed by atoms with Crippen molar-refractivity contribution in [1.82, 2.24) is 5.32 Å². The number of carbonyl (C=O) groups excluding carboxylic acids is 2. The van der Waals surface area contributed by atoms with E-state index < -0.39 is 53.6 Å². The number of hydrogen-bond acceptors (Lipinski definition) is 6. The van der Waals surface area contributed by atoms with Crippen molar-refractivity contribution in [2.45, 2.75) is 24.9 Å². The van der Waals surface area contributed by atoms with Gasteiger partial charge < -0.3 is 14.6 Å². The van der Waals surface area contributed by atoms with Crippen molar-refractivity contribution < 1.29 is 33.8 Å². The summed E-state index contributed by atoms with van der Waals surface area (Å²) in [5.74, 6) is -6.82. The smallest absolute Gasteiger partial charge is 0.325 e. The first-order valence-corrected chi connectivity index (χ1v) is 10.9.